The summed E-state index contributed by atoms with van der Waals surface area (Å²) >= 11 is 0. The van der Waals surface area contributed by atoms with Gasteiger partial charge < -0.3 is 10.5 Å². The molecular weight excluding hydrogens is 252 g/mol. The second-order valence-electron chi connectivity index (χ2n) is 4.99. The van der Waals surface area contributed by atoms with E-state index in [9.17, 15) is 0 Å². The van der Waals surface area contributed by atoms with Crippen molar-refractivity contribution in [2.24, 2.45) is 0 Å². The maximum Gasteiger partial charge on any atom is 0.321 e. The van der Waals surface area contributed by atoms with Crippen LogP contribution in [0.15, 0.2) is 24.3 Å². The Morgan fingerprint density at radius 2 is 2.10 bits per heavy atom. The molecule has 5 heteroatoms. The zero-order valence-corrected chi connectivity index (χ0v) is 11.5. The molecule has 1 fully saturated rings. The first-order valence-corrected chi connectivity index (χ1v) is 7.01. The molecule has 3 rings (SSSR count). The van der Waals surface area contributed by atoms with E-state index in [-0.39, 0.29) is 12.0 Å². The fraction of sp³-hybridized carbons (Fsp3) is 0.400. The van der Waals surface area contributed by atoms with Crippen LogP contribution in [0.4, 0.5) is 5.95 Å². The smallest absolute Gasteiger partial charge is 0.321 e. The SMILES string of the molecule is CCOc1nc(N)nc(-c2cccc(C3CCC3)c2)n1. The second kappa shape index (κ2) is 5.45. The number of hydrogen-bond donors (Lipinski definition) is 1. The van der Waals surface area contributed by atoms with E-state index >= 15 is 0 Å². The predicted molar refractivity (Wildman–Crippen MR) is 77.4 cm³/mol. The summed E-state index contributed by atoms with van der Waals surface area (Å²) in [7, 11) is 0. The number of anilines is 1. The van der Waals surface area contributed by atoms with Crippen molar-refractivity contribution >= 4 is 5.95 Å². The Bertz CT molecular complexity index is 611. The molecule has 1 heterocycles. The number of rotatable bonds is 4. The maximum absolute atomic E-state index is 5.72. The van der Waals surface area contributed by atoms with Gasteiger partial charge in [-0.1, -0.05) is 24.6 Å². The Morgan fingerprint density at radius 3 is 2.80 bits per heavy atom. The van der Waals surface area contributed by atoms with Crippen LogP contribution in [0.5, 0.6) is 6.01 Å². The molecule has 0 aliphatic heterocycles. The van der Waals surface area contributed by atoms with Gasteiger partial charge in [0.15, 0.2) is 5.82 Å². The Kier molecular flexibility index (Phi) is 3.50. The van der Waals surface area contributed by atoms with Crippen LogP contribution in [-0.4, -0.2) is 21.6 Å². The quantitative estimate of drug-likeness (QED) is 0.924. The van der Waals surface area contributed by atoms with Gasteiger partial charge in [0.2, 0.25) is 5.95 Å². The Labute approximate surface area is 118 Å². The zero-order valence-electron chi connectivity index (χ0n) is 11.5. The molecule has 0 radical (unpaired) electrons. The average Bonchev–Trinajstić information content (AvgIpc) is 2.37. The van der Waals surface area contributed by atoms with E-state index in [1.54, 1.807) is 0 Å². The van der Waals surface area contributed by atoms with Gasteiger partial charge in [0.05, 0.1) is 6.61 Å². The molecule has 0 spiro atoms. The van der Waals surface area contributed by atoms with Crippen molar-refractivity contribution in [2.75, 3.05) is 12.3 Å². The van der Waals surface area contributed by atoms with Crippen molar-refractivity contribution in [3.05, 3.63) is 29.8 Å². The van der Waals surface area contributed by atoms with Crippen LogP contribution in [0.3, 0.4) is 0 Å². The third-order valence-electron chi connectivity index (χ3n) is 3.63. The third kappa shape index (κ3) is 2.57. The highest BCUT2D eigenvalue weighted by Gasteiger charge is 2.20. The lowest BCUT2D eigenvalue weighted by Crippen LogP contribution is -2.09. The van der Waals surface area contributed by atoms with E-state index in [1.165, 1.54) is 24.8 Å². The number of nitrogens with two attached hydrogens (primary N) is 1. The maximum atomic E-state index is 5.72. The van der Waals surface area contributed by atoms with Gasteiger partial charge in [-0.25, -0.2) is 0 Å². The topological polar surface area (TPSA) is 73.9 Å². The summed E-state index contributed by atoms with van der Waals surface area (Å²) in [5.41, 5.74) is 8.03. The summed E-state index contributed by atoms with van der Waals surface area (Å²) in [6.45, 7) is 2.39. The van der Waals surface area contributed by atoms with Crippen molar-refractivity contribution in [2.45, 2.75) is 32.1 Å². The van der Waals surface area contributed by atoms with Crippen molar-refractivity contribution in [1.29, 1.82) is 0 Å². The lowest BCUT2D eigenvalue weighted by atomic mass is 9.80. The largest absolute Gasteiger partial charge is 0.464 e. The summed E-state index contributed by atoms with van der Waals surface area (Å²) in [4.78, 5) is 12.5. The van der Waals surface area contributed by atoms with E-state index < -0.39 is 0 Å². The first kappa shape index (κ1) is 12.8. The van der Waals surface area contributed by atoms with Crippen molar-refractivity contribution in [3.8, 4) is 17.4 Å². The van der Waals surface area contributed by atoms with Crippen LogP contribution in [0.25, 0.3) is 11.4 Å². The normalized spacial score (nSPS) is 14.8. The van der Waals surface area contributed by atoms with E-state index in [1.807, 2.05) is 19.1 Å². The van der Waals surface area contributed by atoms with Crippen LogP contribution >= 0.6 is 0 Å². The molecular formula is C15H18N4O. The lowest BCUT2D eigenvalue weighted by molar-refractivity contribution is 0.312. The molecule has 104 valence electrons. The van der Waals surface area contributed by atoms with Gasteiger partial charge in [-0.15, -0.1) is 0 Å². The fourth-order valence-electron chi connectivity index (χ4n) is 2.37. The number of benzene rings is 1. The molecule has 1 aromatic carbocycles. The summed E-state index contributed by atoms with van der Waals surface area (Å²) < 4.78 is 5.32. The molecule has 1 saturated carbocycles. The van der Waals surface area contributed by atoms with E-state index in [0.717, 1.165) is 5.56 Å². The molecule has 1 aromatic heterocycles. The molecule has 0 amide bonds. The Morgan fingerprint density at radius 1 is 1.25 bits per heavy atom. The van der Waals surface area contributed by atoms with Crippen molar-refractivity contribution < 1.29 is 4.74 Å². The predicted octanol–water partition coefficient (Wildman–Crippen LogP) is 2.79. The van der Waals surface area contributed by atoms with Gasteiger partial charge in [0, 0.05) is 5.56 Å². The molecule has 0 unspecified atom stereocenters. The van der Waals surface area contributed by atoms with Gasteiger partial charge in [-0.2, -0.15) is 15.0 Å². The van der Waals surface area contributed by atoms with Crippen LogP contribution in [0.1, 0.15) is 37.7 Å². The average molecular weight is 270 g/mol. The first-order valence-electron chi connectivity index (χ1n) is 7.01. The summed E-state index contributed by atoms with van der Waals surface area (Å²) in [6, 6.07) is 8.63. The Hall–Kier alpha value is -2.17. The van der Waals surface area contributed by atoms with Gasteiger partial charge in [-0.3, -0.25) is 0 Å². The van der Waals surface area contributed by atoms with Gasteiger partial charge in [0.1, 0.15) is 0 Å². The fourth-order valence-corrected chi connectivity index (χ4v) is 2.37. The molecule has 0 atom stereocenters. The Balaban J connectivity index is 1.95. The monoisotopic (exact) mass is 270 g/mol. The number of nitrogen functional groups attached to an aromatic ring is 1. The van der Waals surface area contributed by atoms with Crippen molar-refractivity contribution in [3.63, 3.8) is 0 Å². The van der Waals surface area contributed by atoms with Crippen molar-refractivity contribution in [1.82, 2.24) is 15.0 Å². The highest BCUT2D eigenvalue weighted by Crippen LogP contribution is 2.37. The first-order chi connectivity index (χ1) is 9.76. The molecule has 0 saturated heterocycles. The standard InChI is InChI=1S/C15H18N4O/c1-2-20-15-18-13(17-14(16)19-15)12-8-4-7-11(9-12)10-5-3-6-10/h4,7-10H,2-3,5-6H2,1H3,(H2,16,17,18,19). The van der Waals surface area contributed by atoms with Gasteiger partial charge in [0.25, 0.3) is 0 Å². The lowest BCUT2D eigenvalue weighted by Gasteiger charge is -2.26. The van der Waals surface area contributed by atoms with Gasteiger partial charge >= 0.3 is 6.01 Å². The molecule has 5 nitrogen and oxygen atoms in total. The summed E-state index contributed by atoms with van der Waals surface area (Å²) in [5.74, 6) is 1.44. The van der Waals surface area contributed by atoms with Crippen LogP contribution in [0.2, 0.25) is 0 Å². The van der Waals surface area contributed by atoms with Crippen LogP contribution in [-0.2, 0) is 0 Å². The number of aromatic nitrogens is 3. The number of nitrogens with zero attached hydrogens (tertiary/aromatic N) is 3. The summed E-state index contributed by atoms with van der Waals surface area (Å²) in [6.07, 6.45) is 3.86. The molecule has 0 bridgehead atoms. The number of ether oxygens (including phenoxy) is 1. The minimum Gasteiger partial charge on any atom is -0.464 e. The molecule has 2 aromatic rings. The van der Waals surface area contributed by atoms with Crippen LogP contribution < -0.4 is 10.5 Å². The molecule has 20 heavy (non-hydrogen) atoms. The third-order valence-corrected chi connectivity index (χ3v) is 3.63. The molecule has 2 N–H and O–H groups in total. The van der Waals surface area contributed by atoms with E-state index in [2.05, 4.69) is 27.1 Å². The molecule has 1 aliphatic carbocycles. The second-order valence-corrected chi connectivity index (χ2v) is 4.99. The molecule has 1 aliphatic rings. The minimum absolute atomic E-state index is 0.187. The minimum atomic E-state index is 0.187. The highest BCUT2D eigenvalue weighted by atomic mass is 16.5. The summed E-state index contributed by atoms with van der Waals surface area (Å²) in [5, 5.41) is 0. The van der Waals surface area contributed by atoms with Gasteiger partial charge in [-0.05, 0) is 37.3 Å². The van der Waals surface area contributed by atoms with E-state index in [4.69, 9.17) is 10.5 Å². The van der Waals surface area contributed by atoms with E-state index in [0.29, 0.717) is 18.3 Å². The zero-order chi connectivity index (χ0) is 13.9. The van der Waals surface area contributed by atoms with Crippen LogP contribution in [0, 0.1) is 0 Å². The number of hydrogen-bond acceptors (Lipinski definition) is 5. The highest BCUT2D eigenvalue weighted by molar-refractivity contribution is 5.57.